The van der Waals surface area contributed by atoms with Crippen molar-refractivity contribution in [2.75, 3.05) is 26.4 Å². The molecule has 0 saturated carbocycles. The predicted molar refractivity (Wildman–Crippen MR) is 60.1 cm³/mol. The highest BCUT2D eigenvalue weighted by atomic mass is 17.0. The van der Waals surface area contributed by atoms with Crippen LogP contribution in [0, 0.1) is 10.1 Å². The van der Waals surface area contributed by atoms with Gasteiger partial charge < -0.3 is 19.0 Å². The fourth-order valence-corrected chi connectivity index (χ4v) is 1.30. The normalized spacial score (nSPS) is 17.0. The topological polar surface area (TPSA) is 83.4 Å². The van der Waals surface area contributed by atoms with Crippen LogP contribution in [0.25, 0.3) is 0 Å². The molecule has 1 aliphatic rings. The maximum Gasteiger partial charge on any atom is 0.294 e. The summed E-state index contributed by atoms with van der Waals surface area (Å²) in [7, 11) is 0. The van der Waals surface area contributed by atoms with Crippen molar-refractivity contribution >= 4 is 0 Å². The van der Waals surface area contributed by atoms with Gasteiger partial charge in [0, 0.05) is 0 Å². The number of hydrogen-bond acceptors (Lipinski definition) is 6. The van der Waals surface area contributed by atoms with Crippen molar-refractivity contribution in [2.24, 2.45) is 0 Å². The Bertz CT molecular complexity index is 406. The van der Waals surface area contributed by atoms with E-state index in [1.165, 1.54) is 0 Å². The first-order valence-electron chi connectivity index (χ1n) is 5.49. The van der Waals surface area contributed by atoms with Crippen molar-refractivity contribution in [3.63, 3.8) is 0 Å². The van der Waals surface area contributed by atoms with E-state index >= 15 is 0 Å². The van der Waals surface area contributed by atoms with Crippen LogP contribution in [-0.2, 0) is 9.57 Å². The van der Waals surface area contributed by atoms with E-state index in [4.69, 9.17) is 14.2 Å². The zero-order chi connectivity index (χ0) is 12.8. The van der Waals surface area contributed by atoms with Crippen LogP contribution in [0.2, 0.25) is 0 Å². The fraction of sp³-hybridized carbons (Fsp3) is 0.455. The van der Waals surface area contributed by atoms with E-state index in [0.717, 1.165) is 6.61 Å². The Morgan fingerprint density at radius 1 is 1.28 bits per heavy atom. The molecular formula is C11H13NO6. The molecule has 0 N–H and O–H groups in total. The molecule has 0 bridgehead atoms. The van der Waals surface area contributed by atoms with Crippen molar-refractivity contribution in [1.82, 2.24) is 0 Å². The van der Waals surface area contributed by atoms with Crippen LogP contribution in [0.4, 0.5) is 0 Å². The van der Waals surface area contributed by atoms with Crippen molar-refractivity contribution in [1.29, 1.82) is 0 Å². The van der Waals surface area contributed by atoms with Gasteiger partial charge in [-0.05, 0) is 12.1 Å². The summed E-state index contributed by atoms with van der Waals surface area (Å²) in [5, 5.41) is 9.10. The Morgan fingerprint density at radius 3 is 2.56 bits per heavy atom. The monoisotopic (exact) mass is 255 g/mol. The van der Waals surface area contributed by atoms with Gasteiger partial charge in [0.25, 0.3) is 5.09 Å². The number of para-hydroxylation sites is 2. The SMILES string of the molecule is O=[N+]([O-])OCCOc1ccccc1OCC1CO1. The van der Waals surface area contributed by atoms with Gasteiger partial charge in [0.2, 0.25) is 0 Å². The smallest absolute Gasteiger partial charge is 0.294 e. The van der Waals surface area contributed by atoms with Gasteiger partial charge in [0.15, 0.2) is 11.5 Å². The Morgan fingerprint density at radius 2 is 1.94 bits per heavy atom. The number of nitrogens with zero attached hydrogens (tertiary/aromatic N) is 1. The number of hydrogen-bond donors (Lipinski definition) is 0. The summed E-state index contributed by atoms with van der Waals surface area (Å²) >= 11 is 0. The minimum atomic E-state index is -0.851. The van der Waals surface area contributed by atoms with E-state index < -0.39 is 5.09 Å². The van der Waals surface area contributed by atoms with Crippen LogP contribution in [-0.4, -0.2) is 37.6 Å². The van der Waals surface area contributed by atoms with Crippen LogP contribution < -0.4 is 9.47 Å². The van der Waals surface area contributed by atoms with Gasteiger partial charge in [0.05, 0.1) is 6.61 Å². The van der Waals surface area contributed by atoms with Crippen LogP contribution in [0.1, 0.15) is 0 Å². The Labute approximate surface area is 103 Å². The molecule has 18 heavy (non-hydrogen) atoms. The maximum absolute atomic E-state index is 9.95. The number of epoxide rings is 1. The zero-order valence-corrected chi connectivity index (χ0v) is 9.61. The molecule has 7 heteroatoms. The molecule has 1 aromatic rings. The Balaban J connectivity index is 1.79. The van der Waals surface area contributed by atoms with E-state index in [-0.39, 0.29) is 19.3 Å². The molecule has 0 aliphatic carbocycles. The van der Waals surface area contributed by atoms with Gasteiger partial charge in [-0.1, -0.05) is 12.1 Å². The minimum Gasteiger partial charge on any atom is -0.488 e. The lowest BCUT2D eigenvalue weighted by molar-refractivity contribution is -0.757. The molecule has 1 aliphatic heterocycles. The van der Waals surface area contributed by atoms with Crippen LogP contribution in [0.3, 0.4) is 0 Å². The van der Waals surface area contributed by atoms with Crippen LogP contribution in [0.5, 0.6) is 11.5 Å². The van der Waals surface area contributed by atoms with E-state index in [2.05, 4.69) is 4.84 Å². The van der Waals surface area contributed by atoms with Crippen molar-refractivity contribution in [3.05, 3.63) is 34.4 Å². The van der Waals surface area contributed by atoms with E-state index in [9.17, 15) is 10.1 Å². The highest BCUT2D eigenvalue weighted by Crippen LogP contribution is 2.27. The van der Waals surface area contributed by atoms with Crippen LogP contribution >= 0.6 is 0 Å². The highest BCUT2D eigenvalue weighted by molar-refractivity contribution is 5.39. The molecule has 1 fully saturated rings. The van der Waals surface area contributed by atoms with Gasteiger partial charge in [-0.3, -0.25) is 0 Å². The quantitative estimate of drug-likeness (QED) is 0.299. The predicted octanol–water partition coefficient (Wildman–Crippen LogP) is 1.05. The summed E-state index contributed by atoms with van der Waals surface area (Å²) < 4.78 is 15.9. The number of rotatable bonds is 8. The van der Waals surface area contributed by atoms with Crippen molar-refractivity contribution in [3.8, 4) is 11.5 Å². The van der Waals surface area contributed by atoms with Gasteiger partial charge in [0.1, 0.15) is 25.9 Å². The molecule has 1 unspecified atom stereocenters. The Kier molecular flexibility index (Phi) is 4.19. The van der Waals surface area contributed by atoms with Gasteiger partial charge in [-0.2, -0.15) is 0 Å². The maximum atomic E-state index is 9.95. The second kappa shape index (κ2) is 6.06. The summed E-state index contributed by atoms with van der Waals surface area (Å²) in [6, 6.07) is 7.12. The molecule has 1 atom stereocenters. The van der Waals surface area contributed by atoms with Gasteiger partial charge >= 0.3 is 0 Å². The second-order valence-corrected chi connectivity index (χ2v) is 3.62. The zero-order valence-electron chi connectivity index (χ0n) is 9.61. The third-order valence-corrected chi connectivity index (χ3v) is 2.21. The average molecular weight is 255 g/mol. The summed E-state index contributed by atoms with van der Waals surface area (Å²) in [6.45, 7) is 1.17. The van der Waals surface area contributed by atoms with E-state index in [1.54, 1.807) is 18.2 Å². The molecule has 1 aromatic carbocycles. The van der Waals surface area contributed by atoms with E-state index in [1.807, 2.05) is 6.07 Å². The number of benzene rings is 1. The lowest BCUT2D eigenvalue weighted by atomic mass is 10.3. The molecule has 2 rings (SSSR count). The molecule has 0 aromatic heterocycles. The lowest BCUT2D eigenvalue weighted by Crippen LogP contribution is -2.11. The molecule has 0 spiro atoms. The molecule has 0 radical (unpaired) electrons. The highest BCUT2D eigenvalue weighted by Gasteiger charge is 2.23. The molecule has 7 nitrogen and oxygen atoms in total. The third kappa shape index (κ3) is 4.10. The minimum absolute atomic E-state index is 0.0846. The largest absolute Gasteiger partial charge is 0.488 e. The average Bonchev–Trinajstić information content (AvgIpc) is 3.17. The number of ether oxygens (including phenoxy) is 3. The molecule has 98 valence electrons. The summed E-state index contributed by atoms with van der Waals surface area (Å²) in [6.07, 6.45) is 0.163. The lowest BCUT2D eigenvalue weighted by Gasteiger charge is -2.11. The summed E-state index contributed by atoms with van der Waals surface area (Å²) in [4.78, 5) is 14.1. The molecule has 1 heterocycles. The first-order chi connectivity index (χ1) is 8.75. The molecule has 1 saturated heterocycles. The Hall–Kier alpha value is -2.02. The van der Waals surface area contributed by atoms with E-state index in [0.29, 0.717) is 18.1 Å². The standard InChI is InChI=1S/C11H13NO6/c13-12(14)18-6-5-15-10-3-1-2-4-11(10)17-8-9-7-16-9/h1-4,9H,5-8H2. The summed E-state index contributed by atoms with van der Waals surface area (Å²) in [5.41, 5.74) is 0. The summed E-state index contributed by atoms with van der Waals surface area (Å²) in [5.74, 6) is 1.12. The van der Waals surface area contributed by atoms with Gasteiger partial charge in [-0.15, -0.1) is 10.1 Å². The first-order valence-corrected chi connectivity index (χ1v) is 5.49. The molecule has 0 amide bonds. The third-order valence-electron chi connectivity index (χ3n) is 2.21. The van der Waals surface area contributed by atoms with Crippen LogP contribution in [0.15, 0.2) is 24.3 Å². The van der Waals surface area contributed by atoms with Crippen molar-refractivity contribution < 1.29 is 24.1 Å². The molecular weight excluding hydrogens is 242 g/mol. The second-order valence-electron chi connectivity index (χ2n) is 3.62. The van der Waals surface area contributed by atoms with Gasteiger partial charge in [-0.25, -0.2) is 0 Å². The van der Waals surface area contributed by atoms with Crippen molar-refractivity contribution in [2.45, 2.75) is 6.10 Å². The fourth-order valence-electron chi connectivity index (χ4n) is 1.30. The first kappa shape index (κ1) is 12.4.